The quantitative estimate of drug-likeness (QED) is 0.852. The third-order valence-corrected chi connectivity index (χ3v) is 3.75. The van der Waals surface area contributed by atoms with Crippen molar-refractivity contribution in [2.75, 3.05) is 20.6 Å². The molecule has 1 N–H and O–H groups in total. The summed E-state index contributed by atoms with van der Waals surface area (Å²) in [4.78, 5) is 2.15. The fourth-order valence-corrected chi connectivity index (χ4v) is 2.49. The van der Waals surface area contributed by atoms with E-state index < -0.39 is 0 Å². The van der Waals surface area contributed by atoms with Crippen LogP contribution in [0.5, 0.6) is 0 Å². The first kappa shape index (κ1) is 16.6. The number of hydrogen-bond donors (Lipinski definition) is 1. The fraction of sp³-hybridized carbons (Fsp3) is 0.600. The standard InChI is InChI=1S/C15H24BrFN2/c1-10(2)15(9-19(4)5)18-11(3)13-8-12(16)6-7-14(13)17/h6-8,10-11,15,18H,9H2,1-5H3. The molecule has 0 heterocycles. The minimum absolute atomic E-state index is 0.00940. The van der Waals surface area contributed by atoms with Gasteiger partial charge in [-0.3, -0.25) is 0 Å². The molecule has 0 aliphatic heterocycles. The van der Waals surface area contributed by atoms with Crippen LogP contribution in [0.3, 0.4) is 0 Å². The van der Waals surface area contributed by atoms with Crippen LogP contribution in [0.4, 0.5) is 4.39 Å². The summed E-state index contributed by atoms with van der Waals surface area (Å²) in [6.45, 7) is 7.32. The Morgan fingerprint density at radius 1 is 1.26 bits per heavy atom. The summed E-state index contributed by atoms with van der Waals surface area (Å²) in [7, 11) is 4.11. The van der Waals surface area contributed by atoms with Crippen molar-refractivity contribution >= 4 is 15.9 Å². The summed E-state index contributed by atoms with van der Waals surface area (Å²) >= 11 is 3.40. The summed E-state index contributed by atoms with van der Waals surface area (Å²) < 4.78 is 14.8. The number of likely N-dealkylation sites (N-methyl/N-ethyl adjacent to an activating group) is 1. The molecule has 108 valence electrons. The topological polar surface area (TPSA) is 15.3 Å². The Balaban J connectivity index is 2.81. The molecule has 0 spiro atoms. The molecule has 4 heteroatoms. The lowest BCUT2D eigenvalue weighted by Crippen LogP contribution is -2.43. The molecule has 1 aromatic rings. The van der Waals surface area contributed by atoms with Gasteiger partial charge in [0, 0.05) is 28.7 Å². The van der Waals surface area contributed by atoms with Crippen LogP contribution in [0.2, 0.25) is 0 Å². The first-order valence-electron chi connectivity index (χ1n) is 6.67. The Hall–Kier alpha value is -0.450. The van der Waals surface area contributed by atoms with Crippen LogP contribution in [0.1, 0.15) is 32.4 Å². The molecular weight excluding hydrogens is 307 g/mol. The van der Waals surface area contributed by atoms with Crippen LogP contribution in [-0.2, 0) is 0 Å². The van der Waals surface area contributed by atoms with E-state index in [-0.39, 0.29) is 11.9 Å². The van der Waals surface area contributed by atoms with Crippen LogP contribution in [0.25, 0.3) is 0 Å². The average molecular weight is 331 g/mol. The number of rotatable bonds is 6. The highest BCUT2D eigenvalue weighted by atomic mass is 79.9. The summed E-state index contributed by atoms with van der Waals surface area (Å²) in [6, 6.07) is 5.41. The van der Waals surface area contributed by atoms with E-state index in [4.69, 9.17) is 0 Å². The highest BCUT2D eigenvalue weighted by Gasteiger charge is 2.19. The van der Waals surface area contributed by atoms with Crippen LogP contribution >= 0.6 is 15.9 Å². The maximum absolute atomic E-state index is 13.9. The molecule has 0 saturated carbocycles. The number of nitrogens with one attached hydrogen (secondary N) is 1. The van der Waals surface area contributed by atoms with Gasteiger partial charge in [0.25, 0.3) is 0 Å². The van der Waals surface area contributed by atoms with Crippen LogP contribution in [-0.4, -0.2) is 31.6 Å². The zero-order chi connectivity index (χ0) is 14.6. The van der Waals surface area contributed by atoms with E-state index >= 15 is 0 Å². The second-order valence-corrected chi connectivity index (χ2v) is 6.58. The van der Waals surface area contributed by atoms with Gasteiger partial charge in [-0.2, -0.15) is 0 Å². The van der Waals surface area contributed by atoms with E-state index in [0.717, 1.165) is 11.0 Å². The van der Waals surface area contributed by atoms with Crippen molar-refractivity contribution in [2.45, 2.75) is 32.9 Å². The number of benzene rings is 1. The molecule has 2 atom stereocenters. The molecule has 2 nitrogen and oxygen atoms in total. The lowest BCUT2D eigenvalue weighted by molar-refractivity contribution is 0.272. The van der Waals surface area contributed by atoms with E-state index in [1.54, 1.807) is 6.07 Å². The normalized spacial score (nSPS) is 15.0. The molecule has 0 bridgehead atoms. The zero-order valence-corrected chi connectivity index (χ0v) is 14.0. The van der Waals surface area contributed by atoms with Gasteiger partial charge in [0.1, 0.15) is 5.82 Å². The lowest BCUT2D eigenvalue weighted by Gasteiger charge is -2.29. The highest BCUT2D eigenvalue weighted by Crippen LogP contribution is 2.22. The van der Waals surface area contributed by atoms with Crippen molar-refractivity contribution in [2.24, 2.45) is 5.92 Å². The van der Waals surface area contributed by atoms with E-state index in [1.165, 1.54) is 6.07 Å². The Morgan fingerprint density at radius 3 is 2.42 bits per heavy atom. The van der Waals surface area contributed by atoms with Crippen LogP contribution in [0.15, 0.2) is 22.7 Å². The zero-order valence-electron chi connectivity index (χ0n) is 12.4. The second-order valence-electron chi connectivity index (χ2n) is 5.67. The molecule has 2 unspecified atom stereocenters. The molecular formula is C15H24BrFN2. The van der Waals surface area contributed by atoms with Gasteiger partial charge < -0.3 is 10.2 Å². The molecule has 0 aliphatic rings. The molecule has 0 amide bonds. The Morgan fingerprint density at radius 2 is 1.89 bits per heavy atom. The predicted octanol–water partition coefficient (Wildman–Crippen LogP) is 3.83. The molecule has 0 aliphatic carbocycles. The minimum atomic E-state index is -0.157. The monoisotopic (exact) mass is 330 g/mol. The minimum Gasteiger partial charge on any atom is -0.308 e. The van der Waals surface area contributed by atoms with Gasteiger partial charge in [0.15, 0.2) is 0 Å². The third-order valence-electron chi connectivity index (χ3n) is 3.26. The smallest absolute Gasteiger partial charge is 0.128 e. The van der Waals surface area contributed by atoms with Gasteiger partial charge in [-0.05, 0) is 45.1 Å². The SMILES string of the molecule is CC(NC(CN(C)C)C(C)C)c1cc(Br)ccc1F. The second kappa shape index (κ2) is 7.36. The van der Waals surface area contributed by atoms with E-state index in [0.29, 0.717) is 17.5 Å². The maximum atomic E-state index is 13.9. The Bertz CT molecular complexity index is 407. The number of halogens is 2. The van der Waals surface area contributed by atoms with Crippen molar-refractivity contribution < 1.29 is 4.39 Å². The van der Waals surface area contributed by atoms with Crippen molar-refractivity contribution in [3.63, 3.8) is 0 Å². The first-order chi connectivity index (χ1) is 8.81. The Kier molecular flexibility index (Phi) is 6.43. The van der Waals surface area contributed by atoms with Crippen molar-refractivity contribution in [3.05, 3.63) is 34.1 Å². The van der Waals surface area contributed by atoms with E-state index in [1.807, 2.05) is 13.0 Å². The van der Waals surface area contributed by atoms with Gasteiger partial charge in [-0.25, -0.2) is 4.39 Å². The van der Waals surface area contributed by atoms with Gasteiger partial charge in [-0.1, -0.05) is 29.8 Å². The van der Waals surface area contributed by atoms with E-state index in [9.17, 15) is 4.39 Å². The first-order valence-corrected chi connectivity index (χ1v) is 7.46. The molecule has 19 heavy (non-hydrogen) atoms. The van der Waals surface area contributed by atoms with Gasteiger partial charge in [0.2, 0.25) is 0 Å². The van der Waals surface area contributed by atoms with E-state index in [2.05, 4.69) is 54.1 Å². The average Bonchev–Trinajstić information content (AvgIpc) is 2.30. The molecule has 0 aromatic heterocycles. The molecule has 1 rings (SSSR count). The molecule has 0 saturated heterocycles. The van der Waals surface area contributed by atoms with Crippen molar-refractivity contribution in [1.82, 2.24) is 10.2 Å². The lowest BCUT2D eigenvalue weighted by atomic mass is 10.0. The molecule has 1 aromatic carbocycles. The molecule has 0 radical (unpaired) electrons. The van der Waals surface area contributed by atoms with Crippen LogP contribution in [0, 0.1) is 11.7 Å². The van der Waals surface area contributed by atoms with Crippen molar-refractivity contribution in [1.29, 1.82) is 0 Å². The van der Waals surface area contributed by atoms with Gasteiger partial charge in [-0.15, -0.1) is 0 Å². The predicted molar refractivity (Wildman–Crippen MR) is 82.8 cm³/mol. The van der Waals surface area contributed by atoms with Gasteiger partial charge >= 0.3 is 0 Å². The largest absolute Gasteiger partial charge is 0.308 e. The summed E-state index contributed by atoms with van der Waals surface area (Å²) in [5, 5.41) is 3.53. The summed E-state index contributed by atoms with van der Waals surface area (Å²) in [6.07, 6.45) is 0. The van der Waals surface area contributed by atoms with Crippen molar-refractivity contribution in [3.8, 4) is 0 Å². The summed E-state index contributed by atoms with van der Waals surface area (Å²) in [5.74, 6) is 0.343. The molecule has 0 fully saturated rings. The third kappa shape index (κ3) is 5.21. The van der Waals surface area contributed by atoms with Crippen LogP contribution < -0.4 is 5.32 Å². The maximum Gasteiger partial charge on any atom is 0.128 e. The fourth-order valence-electron chi connectivity index (χ4n) is 2.11. The van der Waals surface area contributed by atoms with Gasteiger partial charge in [0.05, 0.1) is 0 Å². The Labute approximate surface area is 124 Å². The number of hydrogen-bond acceptors (Lipinski definition) is 2. The highest BCUT2D eigenvalue weighted by molar-refractivity contribution is 9.10. The number of nitrogens with zero attached hydrogens (tertiary/aromatic N) is 1. The summed E-state index contributed by atoms with van der Waals surface area (Å²) in [5.41, 5.74) is 0.707.